The third kappa shape index (κ3) is 1.58. The maximum atomic E-state index is 11.5. The highest BCUT2D eigenvalue weighted by atomic mass is 16.7. The molecule has 0 aromatic carbocycles. The van der Waals surface area contributed by atoms with E-state index in [1.54, 1.807) is 7.05 Å². The molecule has 0 spiro atoms. The molecule has 2 rings (SSSR count). The van der Waals surface area contributed by atoms with Gasteiger partial charge in [0.25, 0.3) is 5.56 Å². The minimum atomic E-state index is -1.10. The number of rotatable bonds is 3. The number of fused-ring (bicyclic) bond motifs is 1. The lowest BCUT2D eigenvalue weighted by Gasteiger charge is -2.03. The van der Waals surface area contributed by atoms with E-state index in [-0.39, 0.29) is 16.3 Å². The molecular weight excluding hydrogens is 234 g/mol. The second-order valence-corrected chi connectivity index (χ2v) is 3.03. The van der Waals surface area contributed by atoms with Crippen LogP contribution in [0.5, 0.6) is 0 Å². The summed E-state index contributed by atoms with van der Waals surface area (Å²) in [6, 6.07) is 0. The largest absolute Gasteiger partial charge is 0.339 e. The van der Waals surface area contributed by atoms with Gasteiger partial charge >= 0.3 is 11.2 Å². The average Bonchev–Trinajstić information content (AvgIpc) is 2.62. The Labute approximate surface area is 91.8 Å². The van der Waals surface area contributed by atoms with Crippen LogP contribution in [0.15, 0.2) is 16.4 Å². The van der Waals surface area contributed by atoms with Crippen LogP contribution in [0, 0.1) is 15.0 Å². The van der Waals surface area contributed by atoms with Crippen LogP contribution in [-0.4, -0.2) is 24.6 Å². The number of nitro groups is 1. The van der Waals surface area contributed by atoms with Crippen molar-refractivity contribution in [3.05, 3.63) is 31.7 Å². The highest BCUT2D eigenvalue weighted by Crippen LogP contribution is 2.10. The van der Waals surface area contributed by atoms with Crippen molar-refractivity contribution in [2.45, 2.75) is 0 Å². The van der Waals surface area contributed by atoms with Crippen molar-refractivity contribution in [1.82, 2.24) is 19.5 Å². The maximum absolute atomic E-state index is 11.5. The van der Waals surface area contributed by atoms with Gasteiger partial charge in [-0.2, -0.15) is 4.98 Å². The average molecular weight is 239 g/mol. The van der Waals surface area contributed by atoms with Crippen LogP contribution >= 0.6 is 0 Å². The smallest absolute Gasteiger partial charge is 0.318 e. The number of hydrogen-bond acceptors (Lipinski definition) is 7. The second kappa shape index (κ2) is 3.62. The lowest BCUT2D eigenvalue weighted by molar-refractivity contribution is -0.496. The molecule has 0 radical (unpaired) electrons. The number of hydrazine groups is 1. The van der Waals surface area contributed by atoms with E-state index in [1.807, 2.05) is 4.98 Å². The monoisotopic (exact) mass is 239 g/mol. The van der Waals surface area contributed by atoms with E-state index in [0.717, 1.165) is 0 Å². The number of imidazole rings is 1. The number of nitrogens with one attached hydrogen (secondary N) is 1. The van der Waals surface area contributed by atoms with E-state index in [2.05, 4.69) is 15.3 Å². The number of nitroso groups, excluding NO2 is 1. The molecule has 17 heavy (non-hydrogen) atoms. The molecule has 2 heterocycles. The summed E-state index contributed by atoms with van der Waals surface area (Å²) < 4.78 is 1.39. The van der Waals surface area contributed by atoms with E-state index < -0.39 is 16.5 Å². The summed E-state index contributed by atoms with van der Waals surface area (Å²) in [6.07, 6.45) is 1.32. The molecule has 0 amide bonds. The summed E-state index contributed by atoms with van der Waals surface area (Å²) in [6.45, 7) is 0. The number of hydrogen-bond donors (Lipinski definition) is 1. The molecule has 0 aliphatic rings. The Hall–Kier alpha value is -2.85. The second-order valence-electron chi connectivity index (χ2n) is 3.03. The van der Waals surface area contributed by atoms with Gasteiger partial charge < -0.3 is 14.7 Å². The summed E-state index contributed by atoms with van der Waals surface area (Å²) in [5, 5.41) is 11.3. The SMILES string of the molecule is Cn1cnc2c(=O)[nH]c(N(N=O)[N+](=O)[O-])nc21. The van der Waals surface area contributed by atoms with Crippen LogP contribution in [0.2, 0.25) is 0 Å². The van der Waals surface area contributed by atoms with Crippen molar-refractivity contribution in [2.75, 3.05) is 5.12 Å². The summed E-state index contributed by atoms with van der Waals surface area (Å²) in [5.41, 5.74) is -0.564. The van der Waals surface area contributed by atoms with E-state index in [0.29, 0.717) is 0 Å². The lowest BCUT2D eigenvalue weighted by Crippen LogP contribution is -2.27. The fourth-order valence-corrected chi connectivity index (χ4v) is 1.25. The Morgan fingerprint density at radius 2 is 2.35 bits per heavy atom. The Bertz CT molecular complexity index is 658. The minimum Gasteiger partial charge on any atom is -0.339 e. The van der Waals surface area contributed by atoms with Crippen molar-refractivity contribution in [3.63, 3.8) is 0 Å². The molecule has 0 saturated heterocycles. The van der Waals surface area contributed by atoms with Gasteiger partial charge in [-0.15, -0.1) is 0 Å². The topological polar surface area (TPSA) is 139 Å². The number of H-pyrrole nitrogens is 1. The van der Waals surface area contributed by atoms with E-state index in [1.165, 1.54) is 10.9 Å². The number of anilines is 1. The molecule has 11 heteroatoms. The zero-order valence-corrected chi connectivity index (χ0v) is 8.39. The van der Waals surface area contributed by atoms with Crippen LogP contribution in [0.3, 0.4) is 0 Å². The normalized spacial score (nSPS) is 10.4. The molecule has 0 atom stereocenters. The van der Waals surface area contributed by atoms with Crippen LogP contribution in [0.25, 0.3) is 11.2 Å². The van der Waals surface area contributed by atoms with Gasteiger partial charge in [-0.05, 0) is 0 Å². The summed E-state index contributed by atoms with van der Waals surface area (Å²) in [4.78, 5) is 41.7. The van der Waals surface area contributed by atoms with Gasteiger partial charge in [0.05, 0.1) is 11.4 Å². The van der Waals surface area contributed by atoms with Gasteiger partial charge in [-0.1, -0.05) is 0 Å². The predicted octanol–water partition coefficient (Wildman–Crippen LogP) is -0.664. The number of aromatic nitrogens is 4. The first-order chi connectivity index (χ1) is 8.04. The van der Waals surface area contributed by atoms with Gasteiger partial charge in [0, 0.05) is 12.0 Å². The van der Waals surface area contributed by atoms with Crippen LogP contribution in [-0.2, 0) is 7.05 Å². The van der Waals surface area contributed by atoms with Crippen molar-refractivity contribution in [3.8, 4) is 0 Å². The Kier molecular flexibility index (Phi) is 2.27. The molecule has 11 nitrogen and oxygen atoms in total. The van der Waals surface area contributed by atoms with Gasteiger partial charge in [0.2, 0.25) is 0 Å². The van der Waals surface area contributed by atoms with Crippen molar-refractivity contribution < 1.29 is 5.03 Å². The molecule has 0 aliphatic heterocycles. The van der Waals surface area contributed by atoms with Crippen LogP contribution in [0.4, 0.5) is 5.95 Å². The highest BCUT2D eigenvalue weighted by molar-refractivity contribution is 5.70. The van der Waals surface area contributed by atoms with Gasteiger partial charge in [-0.25, -0.2) is 4.98 Å². The van der Waals surface area contributed by atoms with Gasteiger partial charge in [0.1, 0.15) is 5.12 Å². The van der Waals surface area contributed by atoms with E-state index >= 15 is 0 Å². The number of aromatic amines is 1. The Morgan fingerprint density at radius 3 is 2.94 bits per heavy atom. The molecule has 0 saturated carbocycles. The molecule has 2 aromatic heterocycles. The molecule has 88 valence electrons. The lowest BCUT2D eigenvalue weighted by atomic mass is 10.5. The first kappa shape index (κ1) is 10.7. The minimum absolute atomic E-state index is 0.0189. The molecule has 0 unspecified atom stereocenters. The first-order valence-corrected chi connectivity index (χ1v) is 4.23. The maximum Gasteiger partial charge on any atom is 0.318 e. The van der Waals surface area contributed by atoms with Crippen LogP contribution < -0.4 is 10.7 Å². The van der Waals surface area contributed by atoms with Crippen LogP contribution in [0.1, 0.15) is 0 Å². The fourth-order valence-electron chi connectivity index (χ4n) is 1.25. The van der Waals surface area contributed by atoms with Gasteiger partial charge in [0.15, 0.2) is 11.2 Å². The number of nitrogens with zero attached hydrogens (tertiary/aromatic N) is 6. The highest BCUT2D eigenvalue weighted by Gasteiger charge is 2.23. The molecule has 0 bridgehead atoms. The Balaban J connectivity index is 2.71. The summed E-state index contributed by atoms with van der Waals surface area (Å²) >= 11 is 0. The predicted molar refractivity (Wildman–Crippen MR) is 54.4 cm³/mol. The molecule has 2 aromatic rings. The number of aryl methyl sites for hydroxylation is 1. The molecule has 0 fully saturated rings. The standard InChI is InChI=1S/C6H5N7O4/c1-11-2-7-3-4(11)8-6(9-5(3)14)12(10-15)13(16)17/h2H,1H3,(H,8,9,14). The van der Waals surface area contributed by atoms with Crippen molar-refractivity contribution in [2.24, 2.45) is 12.3 Å². The third-order valence-corrected chi connectivity index (χ3v) is 1.98. The van der Waals surface area contributed by atoms with Crippen molar-refractivity contribution >= 4 is 17.1 Å². The quantitative estimate of drug-likeness (QED) is 0.425. The Morgan fingerprint density at radius 1 is 1.65 bits per heavy atom. The van der Waals surface area contributed by atoms with Gasteiger partial charge in [-0.3, -0.25) is 9.78 Å². The van der Waals surface area contributed by atoms with E-state index in [4.69, 9.17) is 0 Å². The third-order valence-electron chi connectivity index (χ3n) is 1.98. The van der Waals surface area contributed by atoms with E-state index in [9.17, 15) is 19.8 Å². The molecular formula is C6H5N7O4. The zero-order valence-electron chi connectivity index (χ0n) is 8.39. The summed E-state index contributed by atoms with van der Waals surface area (Å²) in [7, 11) is 1.55. The first-order valence-electron chi connectivity index (χ1n) is 4.23. The summed E-state index contributed by atoms with van der Waals surface area (Å²) in [5.74, 6) is -0.578. The molecule has 1 N–H and O–H groups in total. The fraction of sp³-hybridized carbons (Fsp3) is 0.167. The molecule has 0 aliphatic carbocycles. The van der Waals surface area contributed by atoms with Crippen molar-refractivity contribution in [1.29, 1.82) is 0 Å². The zero-order chi connectivity index (χ0) is 12.6.